The summed E-state index contributed by atoms with van der Waals surface area (Å²) in [5.41, 5.74) is 6.33. The van der Waals surface area contributed by atoms with Crippen molar-refractivity contribution in [2.45, 2.75) is 45.7 Å². The van der Waals surface area contributed by atoms with Gasteiger partial charge in [0.15, 0.2) is 0 Å². The first-order chi connectivity index (χ1) is 7.86. The van der Waals surface area contributed by atoms with Crippen LogP contribution < -0.4 is 5.73 Å². The lowest BCUT2D eigenvalue weighted by Gasteiger charge is -2.16. The molecule has 2 atom stereocenters. The highest BCUT2D eigenvalue weighted by Gasteiger charge is 2.26. The van der Waals surface area contributed by atoms with Gasteiger partial charge in [0.2, 0.25) is 0 Å². The van der Waals surface area contributed by atoms with Crippen molar-refractivity contribution >= 4 is 23.7 Å². The number of hydrogen-bond donors (Lipinski definition) is 1. The van der Waals surface area contributed by atoms with Crippen LogP contribution in [-0.2, 0) is 12.0 Å². The molecular weight excluding hydrogens is 264 g/mol. The molecule has 0 amide bonds. The number of thiophene rings is 1. The first-order valence-electron chi connectivity index (χ1n) is 6.43. The number of rotatable bonds is 2. The summed E-state index contributed by atoms with van der Waals surface area (Å²) >= 11 is 1.95. The highest BCUT2D eigenvalue weighted by molar-refractivity contribution is 7.12. The number of likely N-dealkylation sites (tertiary alicyclic amines) is 1. The number of hydrogen-bond acceptors (Lipinski definition) is 3. The lowest BCUT2D eigenvalue weighted by molar-refractivity contribution is 0.322. The van der Waals surface area contributed by atoms with Crippen molar-refractivity contribution in [3.8, 4) is 0 Å². The second kappa shape index (κ2) is 5.91. The van der Waals surface area contributed by atoms with Gasteiger partial charge in [-0.2, -0.15) is 0 Å². The molecule has 1 aromatic rings. The van der Waals surface area contributed by atoms with Gasteiger partial charge < -0.3 is 5.73 Å². The van der Waals surface area contributed by atoms with Crippen LogP contribution in [0.1, 0.15) is 37.4 Å². The van der Waals surface area contributed by atoms with E-state index in [1.165, 1.54) is 9.75 Å². The molecule has 0 radical (unpaired) electrons. The van der Waals surface area contributed by atoms with E-state index in [0.29, 0.717) is 12.0 Å². The number of nitrogens with zero attached hydrogens (tertiary/aromatic N) is 1. The third-order valence-corrected chi connectivity index (χ3v) is 5.02. The Morgan fingerprint density at radius 3 is 2.44 bits per heavy atom. The van der Waals surface area contributed by atoms with E-state index in [-0.39, 0.29) is 17.8 Å². The molecule has 1 aliphatic rings. The standard InChI is InChI=1S/C14H24N2S.ClH/c1-10-7-16(9-12(10)15)8-11-5-6-13(17-11)14(2,3)4;/h5-6,10,12H,7-9,15H2,1-4H3;1H. The van der Waals surface area contributed by atoms with Crippen LogP contribution in [0.5, 0.6) is 0 Å². The summed E-state index contributed by atoms with van der Waals surface area (Å²) in [7, 11) is 0. The van der Waals surface area contributed by atoms with E-state index in [1.54, 1.807) is 0 Å². The summed E-state index contributed by atoms with van der Waals surface area (Å²) in [4.78, 5) is 5.42. The van der Waals surface area contributed by atoms with Crippen LogP contribution in [0.15, 0.2) is 12.1 Å². The predicted molar refractivity (Wildman–Crippen MR) is 82.7 cm³/mol. The Hall–Kier alpha value is -0.0900. The molecule has 104 valence electrons. The van der Waals surface area contributed by atoms with Gasteiger partial charge >= 0.3 is 0 Å². The van der Waals surface area contributed by atoms with Gasteiger partial charge in [-0.1, -0.05) is 27.7 Å². The van der Waals surface area contributed by atoms with Crippen molar-refractivity contribution in [2.24, 2.45) is 11.7 Å². The van der Waals surface area contributed by atoms with E-state index < -0.39 is 0 Å². The van der Waals surface area contributed by atoms with Crippen molar-refractivity contribution in [3.63, 3.8) is 0 Å². The van der Waals surface area contributed by atoms with Gasteiger partial charge in [-0.3, -0.25) is 4.90 Å². The normalized spacial score (nSPS) is 25.2. The fourth-order valence-corrected chi connectivity index (χ4v) is 3.42. The molecule has 2 rings (SSSR count). The third kappa shape index (κ3) is 3.70. The Kier molecular flexibility index (Phi) is 5.24. The smallest absolute Gasteiger partial charge is 0.0328 e. The molecule has 1 saturated heterocycles. The van der Waals surface area contributed by atoms with Crippen molar-refractivity contribution in [1.82, 2.24) is 4.90 Å². The summed E-state index contributed by atoms with van der Waals surface area (Å²) in [5.74, 6) is 0.636. The molecule has 18 heavy (non-hydrogen) atoms. The molecule has 0 aromatic carbocycles. The predicted octanol–water partition coefficient (Wildman–Crippen LogP) is 3.25. The molecular formula is C14H25ClN2S. The van der Waals surface area contributed by atoms with E-state index in [0.717, 1.165) is 19.6 Å². The molecule has 1 aromatic heterocycles. The minimum Gasteiger partial charge on any atom is -0.326 e. The number of halogens is 1. The monoisotopic (exact) mass is 288 g/mol. The molecule has 0 bridgehead atoms. The maximum atomic E-state index is 6.06. The zero-order valence-electron chi connectivity index (χ0n) is 11.8. The van der Waals surface area contributed by atoms with Gasteiger partial charge in [0.25, 0.3) is 0 Å². The van der Waals surface area contributed by atoms with Crippen LogP contribution in [0, 0.1) is 5.92 Å². The molecule has 2 nitrogen and oxygen atoms in total. The van der Waals surface area contributed by atoms with E-state index in [4.69, 9.17) is 5.73 Å². The van der Waals surface area contributed by atoms with Crippen LogP contribution in [0.2, 0.25) is 0 Å². The van der Waals surface area contributed by atoms with Gasteiger partial charge in [-0.05, 0) is 23.5 Å². The maximum absolute atomic E-state index is 6.06. The van der Waals surface area contributed by atoms with Crippen LogP contribution >= 0.6 is 23.7 Å². The molecule has 0 aliphatic carbocycles. The summed E-state index contributed by atoms with van der Waals surface area (Å²) in [6.07, 6.45) is 0. The Balaban J connectivity index is 0.00000162. The van der Waals surface area contributed by atoms with Gasteiger partial charge in [0, 0.05) is 35.4 Å². The second-order valence-corrected chi connectivity index (χ2v) is 7.52. The lowest BCUT2D eigenvalue weighted by atomic mass is 9.95. The fourth-order valence-electron chi connectivity index (χ4n) is 2.31. The highest BCUT2D eigenvalue weighted by Crippen LogP contribution is 2.30. The fraction of sp³-hybridized carbons (Fsp3) is 0.714. The number of nitrogens with two attached hydrogens (primary N) is 1. The van der Waals surface area contributed by atoms with Gasteiger partial charge in [0.05, 0.1) is 0 Å². The third-order valence-electron chi connectivity index (χ3n) is 3.53. The Bertz CT molecular complexity index is 373. The van der Waals surface area contributed by atoms with E-state index in [1.807, 2.05) is 11.3 Å². The van der Waals surface area contributed by atoms with Crippen molar-refractivity contribution in [1.29, 1.82) is 0 Å². The topological polar surface area (TPSA) is 29.3 Å². The maximum Gasteiger partial charge on any atom is 0.0328 e. The largest absolute Gasteiger partial charge is 0.326 e. The zero-order chi connectivity index (χ0) is 12.6. The van der Waals surface area contributed by atoms with E-state index >= 15 is 0 Å². The van der Waals surface area contributed by atoms with Crippen molar-refractivity contribution < 1.29 is 0 Å². The van der Waals surface area contributed by atoms with E-state index in [2.05, 4.69) is 44.7 Å². The average molecular weight is 289 g/mol. The molecule has 4 heteroatoms. The second-order valence-electron chi connectivity index (χ2n) is 6.35. The highest BCUT2D eigenvalue weighted by atomic mass is 35.5. The summed E-state index contributed by atoms with van der Waals surface area (Å²) in [6.45, 7) is 12.3. The first-order valence-corrected chi connectivity index (χ1v) is 7.25. The van der Waals surface area contributed by atoms with E-state index in [9.17, 15) is 0 Å². The van der Waals surface area contributed by atoms with Crippen molar-refractivity contribution in [3.05, 3.63) is 21.9 Å². The SMILES string of the molecule is CC1CN(Cc2ccc(C(C)(C)C)s2)CC1N.Cl. The van der Waals surface area contributed by atoms with Gasteiger partial charge in [-0.15, -0.1) is 23.7 Å². The van der Waals surface area contributed by atoms with Crippen LogP contribution in [-0.4, -0.2) is 24.0 Å². The first kappa shape index (κ1) is 16.0. The molecule has 1 fully saturated rings. The Labute approximate surface area is 121 Å². The Morgan fingerprint density at radius 2 is 2.00 bits per heavy atom. The zero-order valence-corrected chi connectivity index (χ0v) is 13.4. The van der Waals surface area contributed by atoms with Crippen LogP contribution in [0.25, 0.3) is 0 Å². The molecule has 2 heterocycles. The molecule has 1 aliphatic heterocycles. The molecule has 0 spiro atoms. The summed E-state index contributed by atoms with van der Waals surface area (Å²) < 4.78 is 0. The summed E-state index contributed by atoms with van der Waals surface area (Å²) in [5, 5.41) is 0. The minimum atomic E-state index is 0. The van der Waals surface area contributed by atoms with Gasteiger partial charge in [0.1, 0.15) is 0 Å². The average Bonchev–Trinajstić information content (AvgIpc) is 2.75. The Morgan fingerprint density at radius 1 is 1.33 bits per heavy atom. The molecule has 2 N–H and O–H groups in total. The summed E-state index contributed by atoms with van der Waals surface area (Å²) in [6, 6.07) is 4.91. The minimum absolute atomic E-state index is 0. The molecule has 0 saturated carbocycles. The van der Waals surface area contributed by atoms with Crippen LogP contribution in [0.4, 0.5) is 0 Å². The molecule has 2 unspecified atom stereocenters. The quantitative estimate of drug-likeness (QED) is 0.905. The lowest BCUT2D eigenvalue weighted by Crippen LogP contribution is -2.28. The van der Waals surface area contributed by atoms with Crippen LogP contribution in [0.3, 0.4) is 0 Å². The van der Waals surface area contributed by atoms with Crippen molar-refractivity contribution in [2.75, 3.05) is 13.1 Å². The van der Waals surface area contributed by atoms with Gasteiger partial charge in [-0.25, -0.2) is 0 Å².